The first kappa shape index (κ1) is 15.8. The number of ether oxygens (including phenoxy) is 1. The van der Waals surface area contributed by atoms with Crippen molar-refractivity contribution in [1.82, 2.24) is 19.6 Å². The number of carbonyl (C=O) groups excluding carboxylic acids is 1. The van der Waals surface area contributed by atoms with Crippen LogP contribution in [0.4, 0.5) is 0 Å². The maximum atomic E-state index is 12.9. The second-order valence-electron chi connectivity index (χ2n) is 6.09. The summed E-state index contributed by atoms with van der Waals surface area (Å²) in [6.45, 7) is 5.08. The van der Waals surface area contributed by atoms with Gasteiger partial charge in [0.1, 0.15) is 5.15 Å². The number of aromatic nitrogens is 2. The maximum absolute atomic E-state index is 12.9. The summed E-state index contributed by atoms with van der Waals surface area (Å²) in [5.41, 5.74) is 1.33. The van der Waals surface area contributed by atoms with Gasteiger partial charge < -0.3 is 9.64 Å². The van der Waals surface area contributed by atoms with Gasteiger partial charge in [-0.15, -0.1) is 0 Å². The zero-order valence-corrected chi connectivity index (χ0v) is 14.1. The van der Waals surface area contributed by atoms with E-state index in [1.54, 1.807) is 11.7 Å². The largest absolute Gasteiger partial charge is 0.375 e. The van der Waals surface area contributed by atoms with E-state index in [-0.39, 0.29) is 18.1 Å². The van der Waals surface area contributed by atoms with Crippen molar-refractivity contribution in [2.24, 2.45) is 7.05 Å². The molecule has 3 rings (SSSR count). The molecule has 2 aliphatic rings. The Labute approximate surface area is 136 Å². The van der Waals surface area contributed by atoms with Gasteiger partial charge >= 0.3 is 0 Å². The topological polar surface area (TPSA) is 50.6 Å². The van der Waals surface area contributed by atoms with Gasteiger partial charge in [-0.25, -0.2) is 0 Å². The van der Waals surface area contributed by atoms with Gasteiger partial charge in [0.15, 0.2) is 0 Å². The smallest absolute Gasteiger partial charge is 0.258 e. The average molecular weight is 327 g/mol. The number of fused-ring (bicyclic) bond motifs is 1. The first-order valence-electron chi connectivity index (χ1n) is 7.85. The molecule has 1 aromatic heterocycles. The van der Waals surface area contributed by atoms with Crippen LogP contribution < -0.4 is 0 Å². The van der Waals surface area contributed by atoms with Crippen LogP contribution in [0.5, 0.6) is 0 Å². The van der Waals surface area contributed by atoms with Crippen molar-refractivity contribution in [3.63, 3.8) is 0 Å². The van der Waals surface area contributed by atoms with E-state index in [0.29, 0.717) is 30.2 Å². The van der Waals surface area contributed by atoms with Crippen molar-refractivity contribution in [1.29, 1.82) is 0 Å². The fourth-order valence-corrected chi connectivity index (χ4v) is 3.63. The molecule has 6 nitrogen and oxygen atoms in total. The molecule has 0 aliphatic carbocycles. The molecule has 0 N–H and O–H groups in total. The van der Waals surface area contributed by atoms with E-state index in [1.165, 1.54) is 0 Å². The molecule has 0 saturated carbocycles. The van der Waals surface area contributed by atoms with Gasteiger partial charge in [-0.05, 0) is 19.9 Å². The van der Waals surface area contributed by atoms with E-state index in [0.717, 1.165) is 25.3 Å². The molecule has 0 radical (unpaired) electrons. The number of likely N-dealkylation sites (tertiary alicyclic amines) is 1. The predicted octanol–water partition coefficient (Wildman–Crippen LogP) is 1.18. The first-order valence-corrected chi connectivity index (χ1v) is 8.23. The number of morpholine rings is 1. The van der Waals surface area contributed by atoms with E-state index >= 15 is 0 Å². The van der Waals surface area contributed by atoms with Crippen LogP contribution in [0, 0.1) is 0 Å². The summed E-state index contributed by atoms with van der Waals surface area (Å²) in [6.07, 6.45) is 1.81. The summed E-state index contributed by atoms with van der Waals surface area (Å²) in [4.78, 5) is 17.1. The molecule has 2 aliphatic heterocycles. The van der Waals surface area contributed by atoms with Crippen LogP contribution >= 0.6 is 11.6 Å². The average Bonchev–Trinajstić information content (AvgIpc) is 2.81. The minimum Gasteiger partial charge on any atom is -0.375 e. The fraction of sp³-hybridized carbons (Fsp3) is 0.733. The maximum Gasteiger partial charge on any atom is 0.258 e. The molecule has 2 saturated heterocycles. The Hall–Kier alpha value is -1.11. The minimum absolute atomic E-state index is 0.00706. The standard InChI is InChI=1S/C15H23ClN4O2/c1-4-10-13(14(16)19(3)17-10)15(21)20-6-5-12-11(9-20)18(2)7-8-22-12/h11-12H,4-9H2,1-3H3/t11-,12-/m1/s1. The molecule has 1 aromatic rings. The highest BCUT2D eigenvalue weighted by atomic mass is 35.5. The predicted molar refractivity (Wildman–Crippen MR) is 84.3 cm³/mol. The van der Waals surface area contributed by atoms with Crippen LogP contribution in [0.2, 0.25) is 5.15 Å². The van der Waals surface area contributed by atoms with Gasteiger partial charge in [0.05, 0.1) is 30.0 Å². The van der Waals surface area contributed by atoms with E-state index in [2.05, 4.69) is 17.0 Å². The molecule has 1 amide bonds. The lowest BCUT2D eigenvalue weighted by Gasteiger charge is -2.45. The van der Waals surface area contributed by atoms with Crippen LogP contribution in [-0.2, 0) is 18.2 Å². The third-order valence-corrected chi connectivity index (χ3v) is 5.18. The number of rotatable bonds is 2. The monoisotopic (exact) mass is 326 g/mol. The number of carbonyl (C=O) groups is 1. The third-order valence-electron chi connectivity index (χ3n) is 4.75. The highest BCUT2D eigenvalue weighted by Crippen LogP contribution is 2.26. The summed E-state index contributed by atoms with van der Waals surface area (Å²) < 4.78 is 7.42. The Morgan fingerprint density at radius 1 is 1.41 bits per heavy atom. The summed E-state index contributed by atoms with van der Waals surface area (Å²) >= 11 is 6.29. The van der Waals surface area contributed by atoms with E-state index in [1.807, 2.05) is 11.8 Å². The molecule has 0 aromatic carbocycles. The molecular weight excluding hydrogens is 304 g/mol. The Morgan fingerprint density at radius 3 is 2.91 bits per heavy atom. The summed E-state index contributed by atoms with van der Waals surface area (Å²) in [6, 6.07) is 0.270. The second kappa shape index (κ2) is 6.18. The molecule has 122 valence electrons. The Kier molecular flexibility index (Phi) is 4.43. The van der Waals surface area contributed by atoms with Gasteiger partial charge in [0.25, 0.3) is 5.91 Å². The van der Waals surface area contributed by atoms with Crippen molar-refractivity contribution in [3.05, 3.63) is 16.4 Å². The van der Waals surface area contributed by atoms with Crippen molar-refractivity contribution >= 4 is 17.5 Å². The van der Waals surface area contributed by atoms with Gasteiger partial charge in [0, 0.05) is 26.7 Å². The number of nitrogens with zero attached hydrogens (tertiary/aromatic N) is 4. The molecule has 2 atom stereocenters. The number of halogens is 1. The first-order chi connectivity index (χ1) is 10.5. The molecule has 0 bridgehead atoms. The van der Waals surface area contributed by atoms with Crippen molar-refractivity contribution in [3.8, 4) is 0 Å². The summed E-state index contributed by atoms with van der Waals surface area (Å²) in [5, 5.41) is 4.77. The number of piperidine rings is 1. The second-order valence-corrected chi connectivity index (χ2v) is 6.44. The lowest BCUT2D eigenvalue weighted by atomic mass is 9.98. The minimum atomic E-state index is -0.00706. The number of aryl methyl sites for hydroxylation is 2. The van der Waals surface area contributed by atoms with Crippen LogP contribution in [0.15, 0.2) is 0 Å². The molecule has 3 heterocycles. The van der Waals surface area contributed by atoms with Gasteiger partial charge in [-0.3, -0.25) is 14.4 Å². The Bertz CT molecular complexity index is 574. The molecule has 0 unspecified atom stereocenters. The van der Waals surface area contributed by atoms with Crippen LogP contribution in [0.3, 0.4) is 0 Å². The Morgan fingerprint density at radius 2 is 2.18 bits per heavy atom. The normalized spacial score (nSPS) is 26.1. The highest BCUT2D eigenvalue weighted by Gasteiger charge is 2.38. The number of hydrogen-bond donors (Lipinski definition) is 0. The van der Waals surface area contributed by atoms with E-state index < -0.39 is 0 Å². The zero-order chi connectivity index (χ0) is 15.9. The molecular formula is C15H23ClN4O2. The Balaban J connectivity index is 1.81. The molecule has 22 heavy (non-hydrogen) atoms. The molecule has 7 heteroatoms. The van der Waals surface area contributed by atoms with Crippen molar-refractivity contribution < 1.29 is 9.53 Å². The van der Waals surface area contributed by atoms with Crippen molar-refractivity contribution in [2.75, 3.05) is 33.3 Å². The van der Waals surface area contributed by atoms with Gasteiger partial charge in [-0.1, -0.05) is 18.5 Å². The SMILES string of the molecule is CCc1nn(C)c(Cl)c1C(=O)N1CC[C@H]2OCCN(C)[C@@H]2C1. The number of likely N-dealkylation sites (N-methyl/N-ethyl adjacent to an activating group) is 1. The molecule has 0 spiro atoms. The lowest BCUT2D eigenvalue weighted by molar-refractivity contribution is -0.0893. The van der Waals surface area contributed by atoms with Crippen LogP contribution in [0.1, 0.15) is 29.4 Å². The highest BCUT2D eigenvalue weighted by molar-refractivity contribution is 6.33. The third kappa shape index (κ3) is 2.64. The number of amides is 1. The van der Waals surface area contributed by atoms with E-state index in [9.17, 15) is 4.79 Å². The quantitative estimate of drug-likeness (QED) is 0.819. The van der Waals surface area contributed by atoms with Crippen molar-refractivity contribution in [2.45, 2.75) is 31.9 Å². The zero-order valence-electron chi connectivity index (χ0n) is 13.4. The van der Waals surface area contributed by atoms with Gasteiger partial charge in [-0.2, -0.15) is 5.10 Å². The van der Waals surface area contributed by atoms with Crippen LogP contribution in [-0.4, -0.2) is 70.9 Å². The van der Waals surface area contributed by atoms with Gasteiger partial charge in [0.2, 0.25) is 0 Å². The molecule has 2 fully saturated rings. The lowest BCUT2D eigenvalue weighted by Crippen LogP contribution is -2.59. The number of hydrogen-bond acceptors (Lipinski definition) is 4. The van der Waals surface area contributed by atoms with E-state index in [4.69, 9.17) is 16.3 Å². The fourth-order valence-electron chi connectivity index (χ4n) is 3.40. The summed E-state index contributed by atoms with van der Waals surface area (Å²) in [5.74, 6) is -0.00706. The summed E-state index contributed by atoms with van der Waals surface area (Å²) in [7, 11) is 3.87. The van der Waals surface area contributed by atoms with Crippen LogP contribution in [0.25, 0.3) is 0 Å².